The summed E-state index contributed by atoms with van der Waals surface area (Å²) >= 11 is 0. The maximum atomic E-state index is 13.2. The summed E-state index contributed by atoms with van der Waals surface area (Å²) in [5.74, 6) is -5.17. The van der Waals surface area contributed by atoms with Crippen LogP contribution in [0, 0.1) is 11.7 Å². The van der Waals surface area contributed by atoms with E-state index in [2.05, 4.69) is 5.32 Å². The Hall–Kier alpha value is -2.97. The minimum atomic E-state index is -1.47. The van der Waals surface area contributed by atoms with Crippen LogP contribution in [0.5, 0.6) is 0 Å². The highest BCUT2D eigenvalue weighted by Gasteiger charge is 2.35. The first-order chi connectivity index (χ1) is 14.3. The number of carbonyl (C=O) groups is 4. The number of hydrogen-bond acceptors (Lipinski definition) is 4. The Kier molecular flexibility index (Phi) is 8.32. The Bertz CT molecular complexity index is 815. The largest absolute Gasteiger partial charge is 0.481 e. The van der Waals surface area contributed by atoms with Crippen molar-refractivity contribution in [2.24, 2.45) is 5.92 Å². The van der Waals surface area contributed by atoms with Crippen LogP contribution in [-0.2, 0) is 24.6 Å². The number of amides is 2. The van der Waals surface area contributed by atoms with Crippen LogP contribution in [0.3, 0.4) is 0 Å². The second-order valence-corrected chi connectivity index (χ2v) is 7.73. The van der Waals surface area contributed by atoms with Crippen molar-refractivity contribution in [2.75, 3.05) is 0 Å². The zero-order valence-electron chi connectivity index (χ0n) is 18.5. The van der Waals surface area contributed by atoms with E-state index in [1.807, 2.05) is 0 Å². The fraction of sp³-hybridized carbons (Fsp3) is 0.524. The van der Waals surface area contributed by atoms with Crippen LogP contribution in [-0.4, -0.2) is 46.0 Å². The van der Waals surface area contributed by atoms with Crippen molar-refractivity contribution in [1.82, 2.24) is 10.6 Å². The summed E-state index contributed by atoms with van der Waals surface area (Å²) < 4.78 is 21.6. The molecule has 1 aromatic carbocycles. The molecule has 0 aliphatic carbocycles. The number of nitrogens with one attached hydrogen (secondary N) is 2. The SMILES string of the molecule is [2H]N(C(=O)C(C)(C)c1ccc(F)cc1)[C@H](C(=O)N[C@@H](CCC(=O)O)C(=O)O)[C@@H](C)CC. The van der Waals surface area contributed by atoms with Crippen molar-refractivity contribution < 1.29 is 35.2 Å². The van der Waals surface area contributed by atoms with Crippen LogP contribution < -0.4 is 10.6 Å². The highest BCUT2D eigenvalue weighted by molar-refractivity contribution is 5.94. The molecular formula is C21H29FN2O6. The van der Waals surface area contributed by atoms with Crippen LogP contribution in [0.1, 0.15) is 52.5 Å². The van der Waals surface area contributed by atoms with Crippen LogP contribution in [0.25, 0.3) is 0 Å². The first-order valence-electron chi connectivity index (χ1n) is 10.1. The van der Waals surface area contributed by atoms with Gasteiger partial charge < -0.3 is 20.8 Å². The third-order valence-corrected chi connectivity index (χ3v) is 5.07. The summed E-state index contributed by atoms with van der Waals surface area (Å²) in [7, 11) is 0. The van der Waals surface area contributed by atoms with Crippen LogP contribution in [0.15, 0.2) is 24.3 Å². The lowest BCUT2D eigenvalue weighted by Gasteiger charge is -2.30. The van der Waals surface area contributed by atoms with Gasteiger partial charge in [0.2, 0.25) is 11.8 Å². The maximum absolute atomic E-state index is 13.2. The van der Waals surface area contributed by atoms with E-state index >= 15 is 0 Å². The smallest absolute Gasteiger partial charge is 0.326 e. The molecule has 8 nitrogen and oxygen atoms in total. The van der Waals surface area contributed by atoms with Gasteiger partial charge in [-0.3, -0.25) is 14.4 Å². The van der Waals surface area contributed by atoms with E-state index in [1.165, 1.54) is 24.3 Å². The van der Waals surface area contributed by atoms with Crippen molar-refractivity contribution in [3.63, 3.8) is 0 Å². The van der Waals surface area contributed by atoms with Gasteiger partial charge in [-0.25, -0.2) is 9.18 Å². The molecule has 0 radical (unpaired) electrons. The second-order valence-electron chi connectivity index (χ2n) is 7.73. The molecule has 1 rings (SSSR count). The number of hydrogen-bond donors (Lipinski definition) is 4. The van der Waals surface area contributed by atoms with Crippen LogP contribution in [0.4, 0.5) is 4.39 Å². The Morgan fingerprint density at radius 1 is 1.17 bits per heavy atom. The molecule has 0 aliphatic rings. The third kappa shape index (κ3) is 6.82. The van der Waals surface area contributed by atoms with E-state index in [4.69, 9.17) is 6.52 Å². The fourth-order valence-corrected chi connectivity index (χ4v) is 2.73. The molecule has 0 aliphatic heterocycles. The molecule has 2 amide bonds. The van der Waals surface area contributed by atoms with Gasteiger partial charge in [0.1, 0.15) is 17.9 Å². The molecule has 3 atom stereocenters. The average molecular weight is 425 g/mol. The topological polar surface area (TPSA) is 133 Å². The third-order valence-electron chi connectivity index (χ3n) is 5.07. The van der Waals surface area contributed by atoms with Crippen molar-refractivity contribution in [3.05, 3.63) is 35.6 Å². The molecule has 0 bridgehead atoms. The molecule has 0 heterocycles. The molecule has 0 spiro atoms. The van der Waals surface area contributed by atoms with Gasteiger partial charge >= 0.3 is 11.9 Å². The molecule has 30 heavy (non-hydrogen) atoms. The fourth-order valence-electron chi connectivity index (χ4n) is 2.73. The number of carboxylic acid groups (broad SMARTS) is 2. The Morgan fingerprint density at radius 2 is 1.73 bits per heavy atom. The molecule has 0 saturated carbocycles. The Morgan fingerprint density at radius 3 is 2.20 bits per heavy atom. The van der Waals surface area contributed by atoms with Crippen LogP contribution >= 0.6 is 0 Å². The van der Waals surface area contributed by atoms with Gasteiger partial charge in [-0.15, -0.1) is 0 Å². The normalized spacial score (nSPS) is 14.8. The molecule has 4 N–H and O–H groups in total. The summed E-state index contributed by atoms with van der Waals surface area (Å²) in [5, 5.41) is 20.9. The van der Waals surface area contributed by atoms with Gasteiger partial charge in [-0.2, -0.15) is 0 Å². The summed E-state index contributed by atoms with van der Waals surface area (Å²) in [4.78, 5) is 48.2. The number of rotatable bonds is 11. The molecule has 0 aromatic heterocycles. The second kappa shape index (κ2) is 10.7. The molecule has 9 heteroatoms. The van der Waals surface area contributed by atoms with Gasteiger partial charge in [0.25, 0.3) is 0 Å². The minimum Gasteiger partial charge on any atom is -0.481 e. The highest BCUT2D eigenvalue weighted by atomic mass is 19.1. The van der Waals surface area contributed by atoms with Crippen molar-refractivity contribution in [3.8, 4) is 0 Å². The quantitative estimate of drug-likeness (QED) is 0.429. The Balaban J connectivity index is 3.14. The number of aliphatic carboxylic acids is 2. The van der Waals surface area contributed by atoms with E-state index in [1.54, 1.807) is 27.7 Å². The molecule has 0 saturated heterocycles. The van der Waals surface area contributed by atoms with Crippen LogP contribution in [0.2, 0.25) is 1.41 Å². The predicted molar refractivity (Wildman–Crippen MR) is 107 cm³/mol. The lowest BCUT2D eigenvalue weighted by Crippen LogP contribution is -2.56. The molecule has 0 fully saturated rings. The first kappa shape index (κ1) is 23.3. The number of carboxylic acids is 2. The van der Waals surface area contributed by atoms with E-state index in [0.717, 1.165) is 0 Å². The lowest BCUT2D eigenvalue weighted by molar-refractivity contribution is -0.143. The van der Waals surface area contributed by atoms with Gasteiger partial charge in [0, 0.05) is 6.42 Å². The summed E-state index contributed by atoms with van der Waals surface area (Å²) in [5.41, 5.74) is -0.805. The van der Waals surface area contributed by atoms with Gasteiger partial charge in [-0.1, -0.05) is 32.4 Å². The van der Waals surface area contributed by atoms with E-state index in [-0.39, 0.29) is 6.42 Å². The van der Waals surface area contributed by atoms with E-state index < -0.39 is 59.4 Å². The molecular weight excluding hydrogens is 395 g/mol. The summed E-state index contributed by atoms with van der Waals surface area (Å²) in [6.07, 6.45) is -0.381. The average Bonchev–Trinajstić information content (AvgIpc) is 2.70. The summed E-state index contributed by atoms with van der Waals surface area (Å²) in [6.45, 7) is 6.50. The van der Waals surface area contributed by atoms with Crippen molar-refractivity contribution in [2.45, 2.75) is 64.5 Å². The minimum absolute atomic E-state index is 0.337. The maximum Gasteiger partial charge on any atom is 0.326 e. The molecule has 0 unspecified atom stereocenters. The monoisotopic (exact) mass is 425 g/mol. The van der Waals surface area contributed by atoms with E-state index in [0.29, 0.717) is 17.3 Å². The van der Waals surface area contributed by atoms with Crippen molar-refractivity contribution in [1.29, 1.82) is 0 Å². The van der Waals surface area contributed by atoms with Gasteiger partial charge in [-0.05, 0) is 43.9 Å². The number of benzene rings is 1. The number of halogens is 1. The molecule has 166 valence electrons. The Labute approximate surface area is 176 Å². The highest BCUT2D eigenvalue weighted by Crippen LogP contribution is 2.24. The van der Waals surface area contributed by atoms with E-state index in [9.17, 15) is 28.7 Å². The predicted octanol–water partition coefficient (Wildman–Crippen LogP) is 2.07. The standard InChI is InChI=1S/C21H29FN2O6/c1-5-12(2)17(18(27)23-15(19(28)29)10-11-16(25)26)24-20(30)21(3,4)13-6-8-14(22)9-7-13/h6-9,12,15,17H,5,10-11H2,1-4H3,(H,23,27)(H,24,30)(H,25,26)(H,28,29)/t12-,15-,17-/m0/s1/i/hD. The first-order valence-corrected chi connectivity index (χ1v) is 9.66. The number of carbonyl (C=O) groups excluding carboxylic acids is 2. The lowest BCUT2D eigenvalue weighted by atomic mass is 9.83. The van der Waals surface area contributed by atoms with Gasteiger partial charge in [0.15, 0.2) is 1.41 Å². The zero-order chi connectivity index (χ0) is 23.9. The zero-order valence-corrected chi connectivity index (χ0v) is 17.5. The molecule has 1 aromatic rings. The van der Waals surface area contributed by atoms with Crippen molar-refractivity contribution >= 4 is 23.8 Å². The van der Waals surface area contributed by atoms with Gasteiger partial charge in [0.05, 0.1) is 5.41 Å². The summed E-state index contributed by atoms with van der Waals surface area (Å²) in [6, 6.07) is 2.46.